The lowest BCUT2D eigenvalue weighted by atomic mass is 10.1. The molecule has 0 aliphatic rings. The van der Waals surface area contributed by atoms with Gasteiger partial charge in [0.2, 0.25) is 5.91 Å². The SMILES string of the molecule is COc1cc2c(cc1NC(=O)Cn1c(CO)nc3ccccc31)oc1ccccc12. The number of hydrogen-bond acceptors (Lipinski definition) is 5. The van der Waals surface area contributed by atoms with Gasteiger partial charge in [0.15, 0.2) is 0 Å². The molecule has 2 heterocycles. The van der Waals surface area contributed by atoms with Crippen molar-refractivity contribution in [3.05, 3.63) is 66.5 Å². The third-order valence-electron chi connectivity index (χ3n) is 5.15. The lowest BCUT2D eigenvalue weighted by Gasteiger charge is -2.12. The van der Waals surface area contributed by atoms with Crippen molar-refractivity contribution < 1.29 is 19.1 Å². The quantitative estimate of drug-likeness (QED) is 0.463. The van der Waals surface area contributed by atoms with E-state index in [0.717, 1.165) is 27.4 Å². The number of anilines is 1. The zero-order valence-electron chi connectivity index (χ0n) is 16.3. The molecule has 0 saturated heterocycles. The summed E-state index contributed by atoms with van der Waals surface area (Å²) in [4.78, 5) is 17.2. The number of nitrogens with one attached hydrogen (secondary N) is 1. The molecule has 150 valence electrons. The zero-order valence-corrected chi connectivity index (χ0v) is 16.3. The number of rotatable bonds is 5. The number of hydrogen-bond donors (Lipinski definition) is 2. The van der Waals surface area contributed by atoms with Crippen LogP contribution in [0.25, 0.3) is 33.0 Å². The van der Waals surface area contributed by atoms with Crippen LogP contribution in [0.15, 0.2) is 65.1 Å². The maximum Gasteiger partial charge on any atom is 0.244 e. The van der Waals surface area contributed by atoms with Crippen LogP contribution in [0.2, 0.25) is 0 Å². The predicted octanol–water partition coefficient (Wildman–Crippen LogP) is 4.08. The molecule has 2 N–H and O–H groups in total. The van der Waals surface area contributed by atoms with Gasteiger partial charge in [-0.3, -0.25) is 4.79 Å². The van der Waals surface area contributed by atoms with Gasteiger partial charge in [-0.25, -0.2) is 4.98 Å². The Bertz CT molecular complexity index is 1400. The van der Waals surface area contributed by atoms with Crippen molar-refractivity contribution in [3.8, 4) is 5.75 Å². The minimum absolute atomic E-state index is 0.0116. The number of fused-ring (bicyclic) bond motifs is 4. The molecule has 1 amide bonds. The highest BCUT2D eigenvalue weighted by atomic mass is 16.5. The van der Waals surface area contributed by atoms with Crippen LogP contribution in [0.4, 0.5) is 5.69 Å². The molecule has 3 aromatic carbocycles. The van der Waals surface area contributed by atoms with Crippen LogP contribution in [0, 0.1) is 0 Å². The summed E-state index contributed by atoms with van der Waals surface area (Å²) in [6.07, 6.45) is 0. The van der Waals surface area contributed by atoms with Gasteiger partial charge in [0, 0.05) is 16.8 Å². The Kier molecular flexibility index (Phi) is 4.37. The molecule has 2 aromatic heterocycles. The summed E-state index contributed by atoms with van der Waals surface area (Å²) < 4.78 is 13.1. The van der Waals surface area contributed by atoms with E-state index in [1.165, 1.54) is 0 Å². The maximum absolute atomic E-state index is 12.8. The van der Waals surface area contributed by atoms with E-state index in [0.29, 0.717) is 22.8 Å². The van der Waals surface area contributed by atoms with E-state index in [-0.39, 0.29) is 19.1 Å². The Morgan fingerprint density at radius 1 is 1.10 bits per heavy atom. The van der Waals surface area contributed by atoms with Crippen LogP contribution < -0.4 is 10.1 Å². The lowest BCUT2D eigenvalue weighted by molar-refractivity contribution is -0.116. The molecule has 0 radical (unpaired) electrons. The molecule has 0 aliphatic carbocycles. The van der Waals surface area contributed by atoms with Gasteiger partial charge in [-0.2, -0.15) is 0 Å². The van der Waals surface area contributed by atoms with Crippen LogP contribution >= 0.6 is 0 Å². The largest absolute Gasteiger partial charge is 0.495 e. The van der Waals surface area contributed by atoms with Crippen molar-refractivity contribution in [3.63, 3.8) is 0 Å². The highest BCUT2D eigenvalue weighted by molar-refractivity contribution is 6.07. The predicted molar refractivity (Wildman–Crippen MR) is 115 cm³/mol. The number of aromatic nitrogens is 2. The van der Waals surface area contributed by atoms with Crippen molar-refractivity contribution in [2.45, 2.75) is 13.2 Å². The number of carbonyl (C=O) groups excluding carboxylic acids is 1. The van der Waals surface area contributed by atoms with Crippen LogP contribution in [-0.4, -0.2) is 27.7 Å². The Balaban J connectivity index is 1.49. The van der Waals surface area contributed by atoms with Gasteiger partial charge < -0.3 is 24.1 Å². The van der Waals surface area contributed by atoms with Crippen molar-refractivity contribution in [1.82, 2.24) is 9.55 Å². The summed E-state index contributed by atoms with van der Waals surface area (Å²) in [7, 11) is 1.56. The minimum Gasteiger partial charge on any atom is -0.495 e. The smallest absolute Gasteiger partial charge is 0.244 e. The summed E-state index contributed by atoms with van der Waals surface area (Å²) in [6, 6.07) is 18.9. The second kappa shape index (κ2) is 7.20. The molecule has 5 rings (SSSR count). The number of amides is 1. The van der Waals surface area contributed by atoms with Gasteiger partial charge in [0.05, 0.1) is 23.8 Å². The van der Waals surface area contributed by atoms with E-state index in [2.05, 4.69) is 10.3 Å². The molecular formula is C23H19N3O4. The van der Waals surface area contributed by atoms with Gasteiger partial charge in [0.25, 0.3) is 0 Å². The van der Waals surface area contributed by atoms with E-state index >= 15 is 0 Å². The number of aliphatic hydroxyl groups excluding tert-OH is 1. The molecule has 7 nitrogen and oxygen atoms in total. The topological polar surface area (TPSA) is 89.5 Å². The fourth-order valence-corrected chi connectivity index (χ4v) is 3.77. The van der Waals surface area contributed by atoms with Gasteiger partial charge in [0.1, 0.15) is 35.9 Å². The van der Waals surface area contributed by atoms with Crippen LogP contribution in [-0.2, 0) is 17.9 Å². The van der Waals surface area contributed by atoms with Crippen molar-refractivity contribution in [2.24, 2.45) is 0 Å². The normalized spacial score (nSPS) is 11.4. The number of nitrogens with zero attached hydrogens (tertiary/aromatic N) is 2. The Morgan fingerprint density at radius 2 is 1.90 bits per heavy atom. The van der Waals surface area contributed by atoms with E-state index in [4.69, 9.17) is 9.15 Å². The molecule has 0 saturated carbocycles. The molecular weight excluding hydrogens is 382 g/mol. The van der Waals surface area contributed by atoms with Gasteiger partial charge >= 0.3 is 0 Å². The van der Waals surface area contributed by atoms with E-state index < -0.39 is 0 Å². The highest BCUT2D eigenvalue weighted by Gasteiger charge is 2.16. The molecule has 0 bridgehead atoms. The first-order valence-corrected chi connectivity index (χ1v) is 9.52. The Labute approximate surface area is 171 Å². The zero-order chi connectivity index (χ0) is 20.7. The monoisotopic (exact) mass is 401 g/mol. The fraction of sp³-hybridized carbons (Fsp3) is 0.130. The lowest BCUT2D eigenvalue weighted by Crippen LogP contribution is -2.20. The fourth-order valence-electron chi connectivity index (χ4n) is 3.77. The molecule has 0 unspecified atom stereocenters. The summed E-state index contributed by atoms with van der Waals surface area (Å²) >= 11 is 0. The first-order valence-electron chi connectivity index (χ1n) is 9.52. The van der Waals surface area contributed by atoms with Crippen LogP contribution in [0.1, 0.15) is 5.82 Å². The van der Waals surface area contributed by atoms with Crippen molar-refractivity contribution in [1.29, 1.82) is 0 Å². The molecule has 0 fully saturated rings. The number of aliphatic hydroxyl groups is 1. The van der Waals surface area contributed by atoms with E-state index in [1.807, 2.05) is 54.6 Å². The van der Waals surface area contributed by atoms with Gasteiger partial charge in [-0.05, 0) is 24.3 Å². The third-order valence-corrected chi connectivity index (χ3v) is 5.15. The molecule has 0 spiro atoms. The number of furan rings is 1. The summed E-state index contributed by atoms with van der Waals surface area (Å²) in [6.45, 7) is -0.242. The van der Waals surface area contributed by atoms with Gasteiger partial charge in [-0.15, -0.1) is 0 Å². The number of benzene rings is 3. The van der Waals surface area contributed by atoms with Gasteiger partial charge in [-0.1, -0.05) is 30.3 Å². The Hall–Kier alpha value is -3.84. The van der Waals surface area contributed by atoms with E-state index in [9.17, 15) is 9.90 Å². The van der Waals surface area contributed by atoms with Crippen molar-refractivity contribution in [2.75, 3.05) is 12.4 Å². The average molecular weight is 401 g/mol. The summed E-state index contributed by atoms with van der Waals surface area (Å²) in [5.74, 6) is 0.716. The molecule has 5 aromatic rings. The van der Waals surface area contributed by atoms with Crippen LogP contribution in [0.3, 0.4) is 0 Å². The maximum atomic E-state index is 12.8. The highest BCUT2D eigenvalue weighted by Crippen LogP contribution is 2.36. The van der Waals surface area contributed by atoms with E-state index in [1.54, 1.807) is 17.7 Å². The molecule has 0 atom stereocenters. The second-order valence-electron chi connectivity index (χ2n) is 6.96. The standard InChI is InChI=1S/C23H19N3O4/c1-29-21-10-15-14-6-2-5-9-19(14)30-20(15)11-17(21)25-23(28)12-26-18-8-4-3-7-16(18)24-22(26)13-27/h2-11,27H,12-13H2,1H3,(H,25,28). The number of carbonyl (C=O) groups is 1. The van der Waals surface area contributed by atoms with Crippen molar-refractivity contribution >= 4 is 44.6 Å². The number of para-hydroxylation sites is 3. The number of methoxy groups -OCH3 is 1. The second-order valence-corrected chi connectivity index (χ2v) is 6.96. The summed E-state index contributed by atoms with van der Waals surface area (Å²) in [5.41, 5.74) is 3.47. The molecule has 0 aliphatic heterocycles. The molecule has 30 heavy (non-hydrogen) atoms. The molecule has 7 heteroatoms. The third kappa shape index (κ3) is 2.96. The van der Waals surface area contributed by atoms with Crippen LogP contribution in [0.5, 0.6) is 5.75 Å². The summed E-state index contributed by atoms with van der Waals surface area (Å²) in [5, 5.41) is 14.4. The number of imidazole rings is 1. The number of ether oxygens (including phenoxy) is 1. The first-order chi connectivity index (χ1) is 14.7. The average Bonchev–Trinajstić information content (AvgIpc) is 3.30. The Morgan fingerprint density at radius 3 is 2.73 bits per heavy atom. The minimum atomic E-state index is -0.262. The first kappa shape index (κ1) is 18.2.